The van der Waals surface area contributed by atoms with Crippen LogP contribution in [0.1, 0.15) is 24.8 Å². The van der Waals surface area contributed by atoms with Crippen LogP contribution < -0.4 is 5.32 Å². The number of nitrogens with one attached hydrogen (secondary N) is 1. The van der Waals surface area contributed by atoms with Crippen molar-refractivity contribution in [1.29, 1.82) is 0 Å². The molecule has 0 atom stereocenters. The SMILES string of the molecule is C1CC1.COCc1c(F)cccc1-c1ccc2nc(NC=O)cn2c1. The molecular formula is C19H20FN3O2. The molecule has 25 heavy (non-hydrogen) atoms. The van der Waals surface area contributed by atoms with E-state index in [2.05, 4.69) is 10.3 Å². The highest BCUT2D eigenvalue weighted by Gasteiger charge is 2.11. The maximum absolute atomic E-state index is 14.0. The quantitative estimate of drug-likeness (QED) is 0.713. The van der Waals surface area contributed by atoms with E-state index in [0.29, 0.717) is 23.4 Å². The predicted octanol–water partition coefficient (Wildman–Crippen LogP) is 4.03. The molecule has 1 N–H and O–H groups in total. The van der Waals surface area contributed by atoms with E-state index >= 15 is 0 Å². The molecule has 1 aliphatic carbocycles. The van der Waals surface area contributed by atoms with Gasteiger partial charge in [0.05, 0.1) is 12.8 Å². The minimum absolute atomic E-state index is 0.196. The lowest BCUT2D eigenvalue weighted by molar-refractivity contribution is -0.105. The number of aromatic nitrogens is 2. The van der Waals surface area contributed by atoms with E-state index in [0.717, 1.165) is 11.1 Å². The smallest absolute Gasteiger partial charge is 0.212 e. The van der Waals surface area contributed by atoms with E-state index in [-0.39, 0.29) is 12.4 Å². The summed E-state index contributed by atoms with van der Waals surface area (Å²) in [6.07, 6.45) is 8.61. The number of carbonyl (C=O) groups excluding carboxylic acids is 1. The number of hydrogen-bond donors (Lipinski definition) is 1. The number of benzene rings is 1. The van der Waals surface area contributed by atoms with Gasteiger partial charge in [-0.1, -0.05) is 31.4 Å². The zero-order valence-corrected chi connectivity index (χ0v) is 14.0. The Hall–Kier alpha value is -2.73. The molecule has 1 amide bonds. The van der Waals surface area contributed by atoms with Gasteiger partial charge < -0.3 is 14.5 Å². The molecule has 5 nitrogen and oxygen atoms in total. The minimum Gasteiger partial charge on any atom is -0.380 e. The second-order valence-electron chi connectivity index (χ2n) is 5.83. The average Bonchev–Trinajstić information content (AvgIpc) is 3.43. The molecule has 0 spiro atoms. The van der Waals surface area contributed by atoms with Gasteiger partial charge in [-0.15, -0.1) is 0 Å². The molecule has 6 heteroatoms. The Labute approximate surface area is 145 Å². The second kappa shape index (κ2) is 7.90. The maximum Gasteiger partial charge on any atom is 0.212 e. The summed E-state index contributed by atoms with van der Waals surface area (Å²) in [4.78, 5) is 14.7. The summed E-state index contributed by atoms with van der Waals surface area (Å²) < 4.78 is 20.9. The van der Waals surface area contributed by atoms with Gasteiger partial charge in [0.25, 0.3) is 0 Å². The van der Waals surface area contributed by atoms with Crippen LogP contribution in [0.3, 0.4) is 0 Å². The Morgan fingerprint density at radius 3 is 2.72 bits per heavy atom. The highest BCUT2D eigenvalue weighted by molar-refractivity contribution is 5.72. The molecule has 3 aromatic rings. The van der Waals surface area contributed by atoms with E-state index in [4.69, 9.17) is 4.74 Å². The summed E-state index contributed by atoms with van der Waals surface area (Å²) in [5.41, 5.74) is 2.81. The number of hydrogen-bond acceptors (Lipinski definition) is 3. The van der Waals surface area contributed by atoms with Crippen molar-refractivity contribution in [2.75, 3.05) is 12.4 Å². The maximum atomic E-state index is 14.0. The van der Waals surface area contributed by atoms with Crippen molar-refractivity contribution in [3.8, 4) is 11.1 Å². The van der Waals surface area contributed by atoms with Crippen LogP contribution in [0.5, 0.6) is 0 Å². The van der Waals surface area contributed by atoms with E-state index in [1.54, 1.807) is 16.7 Å². The fourth-order valence-corrected chi connectivity index (χ4v) is 2.40. The number of rotatable bonds is 5. The Balaban J connectivity index is 0.000000549. The summed E-state index contributed by atoms with van der Waals surface area (Å²) in [5, 5.41) is 2.50. The Morgan fingerprint density at radius 2 is 2.04 bits per heavy atom. The molecule has 0 saturated heterocycles. The van der Waals surface area contributed by atoms with Crippen LogP contribution in [0.15, 0.2) is 42.7 Å². The van der Waals surface area contributed by atoms with Crippen molar-refractivity contribution in [3.05, 3.63) is 54.1 Å². The van der Waals surface area contributed by atoms with Crippen LogP contribution in [0.4, 0.5) is 10.2 Å². The lowest BCUT2D eigenvalue weighted by Crippen LogP contribution is -1.97. The summed E-state index contributed by atoms with van der Waals surface area (Å²) in [5.74, 6) is 0.164. The van der Waals surface area contributed by atoms with Crippen LogP contribution in [-0.2, 0) is 16.1 Å². The van der Waals surface area contributed by atoms with Gasteiger partial charge in [0.1, 0.15) is 11.5 Å². The third-order valence-electron chi connectivity index (χ3n) is 3.73. The number of carbonyl (C=O) groups is 1. The van der Waals surface area contributed by atoms with Crippen molar-refractivity contribution in [2.24, 2.45) is 0 Å². The van der Waals surface area contributed by atoms with Gasteiger partial charge in [0.2, 0.25) is 6.41 Å². The van der Waals surface area contributed by atoms with E-state index < -0.39 is 0 Å². The Morgan fingerprint density at radius 1 is 1.24 bits per heavy atom. The first-order valence-electron chi connectivity index (χ1n) is 8.18. The monoisotopic (exact) mass is 341 g/mol. The molecule has 2 heterocycles. The number of nitrogens with zero attached hydrogens (tertiary/aromatic N) is 2. The fraction of sp³-hybridized carbons (Fsp3) is 0.263. The first-order valence-corrected chi connectivity index (χ1v) is 8.18. The number of methoxy groups -OCH3 is 1. The number of anilines is 1. The molecule has 1 fully saturated rings. The van der Waals surface area contributed by atoms with Gasteiger partial charge in [-0.25, -0.2) is 9.37 Å². The molecule has 4 rings (SSSR count). The zero-order valence-electron chi connectivity index (χ0n) is 14.0. The van der Waals surface area contributed by atoms with Crippen molar-refractivity contribution in [2.45, 2.75) is 25.9 Å². The molecule has 0 unspecified atom stereocenters. The molecule has 130 valence electrons. The van der Waals surface area contributed by atoms with Crippen molar-refractivity contribution < 1.29 is 13.9 Å². The van der Waals surface area contributed by atoms with E-state index in [1.165, 1.54) is 32.4 Å². The second-order valence-corrected chi connectivity index (χ2v) is 5.83. The highest BCUT2D eigenvalue weighted by atomic mass is 19.1. The van der Waals surface area contributed by atoms with Crippen LogP contribution in [-0.4, -0.2) is 22.9 Å². The Bertz CT molecular complexity index is 871. The van der Waals surface area contributed by atoms with Gasteiger partial charge in [0, 0.05) is 18.9 Å². The zero-order chi connectivity index (χ0) is 17.6. The molecule has 1 aromatic carbocycles. The van der Waals surface area contributed by atoms with Gasteiger partial charge in [-0.05, 0) is 29.3 Å². The first-order chi connectivity index (χ1) is 12.2. The summed E-state index contributed by atoms with van der Waals surface area (Å²) in [7, 11) is 1.53. The average molecular weight is 341 g/mol. The fourth-order valence-electron chi connectivity index (χ4n) is 2.40. The lowest BCUT2D eigenvalue weighted by Gasteiger charge is -2.10. The number of fused-ring (bicyclic) bond motifs is 1. The molecule has 1 saturated carbocycles. The molecular weight excluding hydrogens is 321 g/mol. The number of pyridine rings is 1. The molecule has 0 radical (unpaired) electrons. The van der Waals surface area contributed by atoms with Gasteiger partial charge in [0.15, 0.2) is 5.82 Å². The van der Waals surface area contributed by atoms with Crippen LogP contribution >= 0.6 is 0 Å². The minimum atomic E-state index is -0.298. The normalized spacial score (nSPS) is 12.4. The molecule has 0 aliphatic heterocycles. The number of halogens is 1. The third-order valence-corrected chi connectivity index (χ3v) is 3.73. The molecule has 2 aromatic heterocycles. The van der Waals surface area contributed by atoms with Gasteiger partial charge in [-0.3, -0.25) is 4.79 Å². The molecule has 1 aliphatic rings. The van der Waals surface area contributed by atoms with E-state index in [9.17, 15) is 9.18 Å². The first kappa shape index (κ1) is 17.1. The van der Waals surface area contributed by atoms with Crippen molar-refractivity contribution in [1.82, 2.24) is 9.38 Å². The number of imidazole rings is 1. The van der Waals surface area contributed by atoms with Crippen LogP contribution in [0.25, 0.3) is 16.8 Å². The summed E-state index contributed by atoms with van der Waals surface area (Å²) in [6, 6.07) is 8.61. The third kappa shape index (κ3) is 4.22. The molecule has 0 bridgehead atoms. The van der Waals surface area contributed by atoms with Crippen molar-refractivity contribution >= 4 is 17.9 Å². The van der Waals surface area contributed by atoms with Crippen LogP contribution in [0.2, 0.25) is 0 Å². The van der Waals surface area contributed by atoms with Gasteiger partial charge in [-0.2, -0.15) is 0 Å². The summed E-state index contributed by atoms with van der Waals surface area (Å²) in [6.45, 7) is 0.196. The topological polar surface area (TPSA) is 55.6 Å². The number of amides is 1. The Kier molecular flexibility index (Phi) is 5.40. The lowest BCUT2D eigenvalue weighted by atomic mass is 10.0. The number of ether oxygens (including phenoxy) is 1. The highest BCUT2D eigenvalue weighted by Crippen LogP contribution is 2.27. The summed E-state index contributed by atoms with van der Waals surface area (Å²) >= 11 is 0. The largest absolute Gasteiger partial charge is 0.380 e. The van der Waals surface area contributed by atoms with E-state index in [1.807, 2.05) is 24.4 Å². The van der Waals surface area contributed by atoms with Crippen LogP contribution in [0, 0.1) is 5.82 Å². The van der Waals surface area contributed by atoms with Gasteiger partial charge >= 0.3 is 0 Å². The predicted molar refractivity (Wildman–Crippen MR) is 94.8 cm³/mol. The standard InChI is InChI=1S/C16H14FN3O2.C3H6/c1-22-9-13-12(3-2-4-14(13)17)11-5-6-16-19-15(18-10-21)8-20(16)7-11;1-2-3-1/h2-8,10H,9H2,1H3,(H,18,21);1-3H2. The van der Waals surface area contributed by atoms with Crippen molar-refractivity contribution in [3.63, 3.8) is 0 Å².